The van der Waals surface area contributed by atoms with Gasteiger partial charge in [-0.2, -0.15) is 0 Å². The van der Waals surface area contributed by atoms with Crippen molar-refractivity contribution in [3.63, 3.8) is 0 Å². The summed E-state index contributed by atoms with van der Waals surface area (Å²) in [5.41, 5.74) is 0.0480. The number of Topliss-reactive ketones (excluding diaryl/α,β-unsaturated/α-hetero) is 1. The minimum absolute atomic E-state index is 0.0480. The summed E-state index contributed by atoms with van der Waals surface area (Å²) < 4.78 is 0. The summed E-state index contributed by atoms with van der Waals surface area (Å²) in [6.45, 7) is 17.0. The fourth-order valence-corrected chi connectivity index (χ4v) is 3.26. The van der Waals surface area contributed by atoms with Crippen molar-refractivity contribution in [2.45, 2.75) is 92.7 Å². The molecule has 1 fully saturated rings. The highest BCUT2D eigenvalue weighted by molar-refractivity contribution is 5.86. The molecule has 0 bridgehead atoms. The molecule has 0 saturated heterocycles. The van der Waals surface area contributed by atoms with Gasteiger partial charge in [0.2, 0.25) is 0 Å². The molecule has 0 aliphatic heterocycles. The van der Waals surface area contributed by atoms with E-state index in [1.54, 1.807) is 0 Å². The van der Waals surface area contributed by atoms with Crippen molar-refractivity contribution in [2.75, 3.05) is 7.05 Å². The molecule has 2 nitrogen and oxygen atoms in total. The highest BCUT2D eigenvalue weighted by Gasteiger charge is 2.40. The monoisotopic (exact) mass is 297 g/mol. The Bertz CT molecular complexity index is 303. The number of hydrogen-bond donors (Lipinski definition) is 0. The molecule has 0 aromatic carbocycles. The molecule has 1 aliphatic carbocycles. The molecule has 0 aromatic heterocycles. The Balaban J connectivity index is 0.00000191. The molecule has 0 radical (unpaired) electrons. The first kappa shape index (κ1) is 20.6. The molecule has 3 unspecified atom stereocenters. The van der Waals surface area contributed by atoms with Crippen LogP contribution in [0.2, 0.25) is 0 Å². The van der Waals surface area contributed by atoms with Crippen LogP contribution in [0.4, 0.5) is 0 Å². The van der Waals surface area contributed by atoms with Gasteiger partial charge in [0.1, 0.15) is 0 Å². The molecule has 3 atom stereocenters. The predicted molar refractivity (Wildman–Crippen MR) is 93.6 cm³/mol. The second-order valence-corrected chi connectivity index (χ2v) is 7.71. The number of nitrogens with zero attached hydrogens (tertiary/aromatic N) is 1. The Hall–Kier alpha value is -0.370. The van der Waals surface area contributed by atoms with Crippen LogP contribution < -0.4 is 0 Å². The molecule has 126 valence electrons. The first-order valence-corrected chi connectivity index (χ1v) is 8.93. The number of carbonyl (C=O) groups excluding carboxylic acids is 1. The van der Waals surface area contributed by atoms with Gasteiger partial charge in [-0.15, -0.1) is 0 Å². The van der Waals surface area contributed by atoms with Crippen LogP contribution in [0.15, 0.2) is 0 Å². The Kier molecular flexibility index (Phi) is 8.77. The Labute approximate surface area is 133 Å². The van der Waals surface area contributed by atoms with Crippen molar-refractivity contribution >= 4 is 5.78 Å². The van der Waals surface area contributed by atoms with E-state index in [2.05, 4.69) is 39.6 Å². The minimum Gasteiger partial charge on any atom is -0.298 e. The predicted octanol–water partition coefficient (Wildman–Crippen LogP) is 5.16. The minimum atomic E-state index is 0.0480. The molecule has 0 N–H and O–H groups in total. The maximum Gasteiger partial charge on any atom is 0.152 e. The van der Waals surface area contributed by atoms with Gasteiger partial charge in [0.05, 0.1) is 6.04 Å². The van der Waals surface area contributed by atoms with Gasteiger partial charge in [-0.3, -0.25) is 9.69 Å². The molecular weight excluding hydrogens is 258 g/mol. The normalized spacial score (nSPS) is 24.5. The van der Waals surface area contributed by atoms with E-state index in [4.69, 9.17) is 0 Å². The summed E-state index contributed by atoms with van der Waals surface area (Å²) in [5, 5.41) is 0. The standard InChI is InChI=1S/C17H33NO.C2H6/c1-12(2)16(19)15(18(7)17(4,5)6)14-11-9-8-10-13(14)3;1-2/h12-15H,8-11H2,1-7H3;1-2H3. The van der Waals surface area contributed by atoms with Gasteiger partial charge >= 0.3 is 0 Å². The van der Waals surface area contributed by atoms with E-state index in [9.17, 15) is 4.79 Å². The summed E-state index contributed by atoms with van der Waals surface area (Å²) in [6, 6.07) is 0.0929. The molecule has 1 aliphatic rings. The van der Waals surface area contributed by atoms with Crippen molar-refractivity contribution in [1.29, 1.82) is 0 Å². The van der Waals surface area contributed by atoms with Crippen molar-refractivity contribution in [2.24, 2.45) is 17.8 Å². The van der Waals surface area contributed by atoms with Gasteiger partial charge < -0.3 is 0 Å². The van der Waals surface area contributed by atoms with Crippen LogP contribution in [-0.2, 0) is 4.79 Å². The molecule has 1 rings (SSSR count). The molecule has 0 spiro atoms. The van der Waals surface area contributed by atoms with E-state index in [1.807, 2.05) is 27.7 Å². The molecule has 0 heterocycles. The van der Waals surface area contributed by atoms with Crippen LogP contribution in [0.1, 0.15) is 81.1 Å². The quantitative estimate of drug-likeness (QED) is 0.714. The average molecular weight is 298 g/mol. The smallest absolute Gasteiger partial charge is 0.152 e. The number of carbonyl (C=O) groups is 1. The third kappa shape index (κ3) is 5.73. The van der Waals surface area contributed by atoms with Crippen LogP contribution in [0.5, 0.6) is 0 Å². The largest absolute Gasteiger partial charge is 0.298 e. The highest BCUT2D eigenvalue weighted by atomic mass is 16.1. The summed E-state index contributed by atoms with van der Waals surface area (Å²) in [6.07, 6.45) is 5.11. The number of likely N-dealkylation sites (N-methyl/N-ethyl adjacent to an activating group) is 1. The van der Waals surface area contributed by atoms with Crippen LogP contribution >= 0.6 is 0 Å². The summed E-state index contributed by atoms with van der Waals surface area (Å²) >= 11 is 0. The third-order valence-corrected chi connectivity index (χ3v) is 4.92. The van der Waals surface area contributed by atoms with Gasteiger partial charge in [0.25, 0.3) is 0 Å². The van der Waals surface area contributed by atoms with E-state index < -0.39 is 0 Å². The Morgan fingerprint density at radius 1 is 1.10 bits per heavy atom. The second-order valence-electron chi connectivity index (χ2n) is 7.71. The van der Waals surface area contributed by atoms with Crippen LogP contribution in [0.25, 0.3) is 0 Å². The molecule has 0 amide bonds. The first-order valence-electron chi connectivity index (χ1n) is 8.93. The number of rotatable bonds is 4. The number of ketones is 1. The summed E-state index contributed by atoms with van der Waals surface area (Å²) in [4.78, 5) is 15.1. The fourth-order valence-electron chi connectivity index (χ4n) is 3.26. The van der Waals surface area contributed by atoms with E-state index >= 15 is 0 Å². The van der Waals surface area contributed by atoms with Crippen molar-refractivity contribution in [3.05, 3.63) is 0 Å². The van der Waals surface area contributed by atoms with Crippen LogP contribution in [0.3, 0.4) is 0 Å². The zero-order valence-electron chi connectivity index (χ0n) is 16.0. The lowest BCUT2D eigenvalue weighted by atomic mass is 9.72. The molecule has 0 aromatic rings. The van der Waals surface area contributed by atoms with Crippen LogP contribution in [0, 0.1) is 17.8 Å². The maximum absolute atomic E-state index is 12.7. The lowest BCUT2D eigenvalue weighted by molar-refractivity contribution is -0.132. The number of hydrogen-bond acceptors (Lipinski definition) is 2. The lowest BCUT2D eigenvalue weighted by Gasteiger charge is -2.45. The first-order chi connectivity index (χ1) is 9.66. The van der Waals surface area contributed by atoms with E-state index in [-0.39, 0.29) is 17.5 Å². The van der Waals surface area contributed by atoms with Crippen molar-refractivity contribution in [3.8, 4) is 0 Å². The van der Waals surface area contributed by atoms with Gasteiger partial charge in [0.15, 0.2) is 5.78 Å². The van der Waals surface area contributed by atoms with Crippen LogP contribution in [-0.4, -0.2) is 29.3 Å². The molecular formula is C19H39NO. The Morgan fingerprint density at radius 3 is 1.95 bits per heavy atom. The fraction of sp³-hybridized carbons (Fsp3) is 0.947. The van der Waals surface area contributed by atoms with Crippen molar-refractivity contribution < 1.29 is 4.79 Å². The molecule has 1 saturated carbocycles. The average Bonchev–Trinajstić information content (AvgIpc) is 2.42. The maximum atomic E-state index is 12.7. The third-order valence-electron chi connectivity index (χ3n) is 4.92. The van der Waals surface area contributed by atoms with E-state index in [0.29, 0.717) is 17.6 Å². The zero-order valence-corrected chi connectivity index (χ0v) is 16.0. The summed E-state index contributed by atoms with van der Waals surface area (Å²) in [7, 11) is 2.13. The topological polar surface area (TPSA) is 20.3 Å². The molecule has 21 heavy (non-hydrogen) atoms. The van der Waals surface area contributed by atoms with Gasteiger partial charge in [-0.25, -0.2) is 0 Å². The van der Waals surface area contributed by atoms with E-state index in [1.165, 1.54) is 25.7 Å². The summed E-state index contributed by atoms with van der Waals surface area (Å²) in [5.74, 6) is 1.76. The van der Waals surface area contributed by atoms with Gasteiger partial charge in [-0.1, -0.05) is 53.9 Å². The van der Waals surface area contributed by atoms with Gasteiger partial charge in [-0.05, 0) is 46.1 Å². The van der Waals surface area contributed by atoms with Crippen molar-refractivity contribution in [1.82, 2.24) is 4.90 Å². The zero-order chi connectivity index (χ0) is 16.8. The van der Waals surface area contributed by atoms with Gasteiger partial charge in [0, 0.05) is 11.5 Å². The van der Waals surface area contributed by atoms with E-state index in [0.717, 1.165) is 0 Å². The SMILES string of the molecule is CC.CC(C)C(=O)C(C1CCCCC1C)N(C)C(C)(C)C. The highest BCUT2D eigenvalue weighted by Crippen LogP contribution is 2.36. The lowest BCUT2D eigenvalue weighted by Crippen LogP contribution is -2.55. The molecule has 2 heteroatoms. The Morgan fingerprint density at radius 2 is 1.57 bits per heavy atom. The second kappa shape index (κ2) is 8.92.